The predicted octanol–water partition coefficient (Wildman–Crippen LogP) is 5.02. The van der Waals surface area contributed by atoms with Crippen LogP contribution in [0.4, 0.5) is 26.7 Å². The van der Waals surface area contributed by atoms with Gasteiger partial charge in [0.05, 0.1) is 28.1 Å². The Kier molecular flexibility index (Phi) is 7.28. The van der Waals surface area contributed by atoms with Crippen molar-refractivity contribution in [3.05, 3.63) is 57.9 Å². The third-order valence-electron chi connectivity index (χ3n) is 4.04. The maximum absolute atomic E-state index is 12.2. The minimum absolute atomic E-state index is 0.186. The number of carboxylic acid groups (broad SMARTS) is 1. The molecule has 0 fully saturated rings. The molecule has 10 heteroatoms. The van der Waals surface area contributed by atoms with Gasteiger partial charge in [0.25, 0.3) is 5.69 Å². The summed E-state index contributed by atoms with van der Waals surface area (Å²) in [6, 6.07) is 5.40. The van der Waals surface area contributed by atoms with Crippen molar-refractivity contribution >= 4 is 29.2 Å². The lowest BCUT2D eigenvalue weighted by atomic mass is 10.1. The number of amides is 2. The van der Waals surface area contributed by atoms with E-state index in [4.69, 9.17) is 4.74 Å². The minimum Gasteiger partial charge on any atom is -0.465 e. The SMILES string of the molecule is CC(C)(C)OC(=O)Nc1ccc([N+](=O)[O-])cc1C#Cc1cncc(N(C(=O)O)C(C)(C)C)c1. The van der Waals surface area contributed by atoms with Crippen LogP contribution >= 0.6 is 0 Å². The van der Waals surface area contributed by atoms with Gasteiger partial charge in [-0.25, -0.2) is 9.59 Å². The van der Waals surface area contributed by atoms with Crippen molar-refractivity contribution in [3.63, 3.8) is 0 Å². The number of carbonyl (C=O) groups is 2. The smallest absolute Gasteiger partial charge is 0.412 e. The molecule has 2 aromatic rings. The van der Waals surface area contributed by atoms with Gasteiger partial charge >= 0.3 is 12.2 Å². The Morgan fingerprint density at radius 3 is 2.33 bits per heavy atom. The Labute approximate surface area is 191 Å². The van der Waals surface area contributed by atoms with E-state index < -0.39 is 28.2 Å². The number of carbonyl (C=O) groups excluding carboxylic acids is 1. The van der Waals surface area contributed by atoms with Gasteiger partial charge in [0.2, 0.25) is 0 Å². The first kappa shape index (κ1) is 25.1. The van der Waals surface area contributed by atoms with Gasteiger partial charge in [0.1, 0.15) is 5.60 Å². The van der Waals surface area contributed by atoms with Gasteiger partial charge in [-0.1, -0.05) is 11.8 Å². The molecule has 1 aromatic carbocycles. The minimum atomic E-state index is -1.14. The second-order valence-corrected chi connectivity index (χ2v) is 9.08. The summed E-state index contributed by atoms with van der Waals surface area (Å²) >= 11 is 0. The molecular formula is C23H26N4O6. The molecule has 0 aliphatic rings. The summed E-state index contributed by atoms with van der Waals surface area (Å²) in [6.45, 7) is 10.4. The van der Waals surface area contributed by atoms with E-state index in [0.29, 0.717) is 11.3 Å². The van der Waals surface area contributed by atoms with Crippen molar-refractivity contribution in [1.29, 1.82) is 0 Å². The molecule has 0 spiro atoms. The van der Waals surface area contributed by atoms with Crippen LogP contribution in [0.15, 0.2) is 36.7 Å². The zero-order valence-corrected chi connectivity index (χ0v) is 19.3. The standard InChI is InChI=1S/C23H26N4O6/c1-22(2,3)26(21(29)30)18-11-15(13-24-14-18)7-8-16-12-17(27(31)32)9-10-19(16)25-20(28)33-23(4,5)6/h9-14H,1-6H3,(H,25,28)(H,29,30). The molecule has 0 saturated heterocycles. The molecule has 174 valence electrons. The first-order chi connectivity index (χ1) is 15.2. The summed E-state index contributed by atoms with van der Waals surface area (Å²) < 4.78 is 5.23. The summed E-state index contributed by atoms with van der Waals surface area (Å²) in [4.78, 5) is 39.8. The Bertz CT molecular complexity index is 1140. The number of nitro benzene ring substituents is 1. The molecule has 0 radical (unpaired) electrons. The van der Waals surface area contributed by atoms with Gasteiger partial charge in [-0.05, 0) is 53.7 Å². The first-order valence-electron chi connectivity index (χ1n) is 9.96. The van der Waals surface area contributed by atoms with Gasteiger partial charge in [-0.15, -0.1) is 0 Å². The normalized spacial score (nSPS) is 11.1. The number of rotatable bonds is 3. The van der Waals surface area contributed by atoms with Crippen molar-refractivity contribution in [2.24, 2.45) is 0 Å². The highest BCUT2D eigenvalue weighted by Gasteiger charge is 2.28. The molecule has 0 aliphatic carbocycles. The molecule has 2 rings (SSSR count). The molecular weight excluding hydrogens is 428 g/mol. The number of nitro groups is 1. The van der Waals surface area contributed by atoms with Crippen LogP contribution < -0.4 is 10.2 Å². The molecule has 0 atom stereocenters. The number of ether oxygens (including phenoxy) is 1. The Balaban J connectivity index is 2.46. The van der Waals surface area contributed by atoms with Crippen molar-refractivity contribution in [2.45, 2.75) is 52.7 Å². The maximum atomic E-state index is 12.2. The number of hydrogen-bond donors (Lipinski definition) is 2. The van der Waals surface area contributed by atoms with Crippen LogP contribution in [0.25, 0.3) is 0 Å². The molecule has 1 heterocycles. The van der Waals surface area contributed by atoms with Gasteiger partial charge in [0.15, 0.2) is 0 Å². The van der Waals surface area contributed by atoms with Crippen molar-refractivity contribution in [1.82, 2.24) is 4.98 Å². The molecule has 2 amide bonds. The Morgan fingerprint density at radius 1 is 1.12 bits per heavy atom. The number of nitrogens with zero attached hydrogens (tertiary/aromatic N) is 3. The number of anilines is 2. The molecule has 10 nitrogen and oxygen atoms in total. The summed E-state index contributed by atoms with van der Waals surface area (Å²) in [5, 5.41) is 23.3. The fraction of sp³-hybridized carbons (Fsp3) is 0.348. The fourth-order valence-corrected chi connectivity index (χ4v) is 2.81. The number of aromatic nitrogens is 1. The van der Waals surface area contributed by atoms with E-state index in [2.05, 4.69) is 22.1 Å². The third kappa shape index (κ3) is 7.21. The van der Waals surface area contributed by atoms with E-state index in [1.54, 1.807) is 47.6 Å². The van der Waals surface area contributed by atoms with E-state index >= 15 is 0 Å². The largest absolute Gasteiger partial charge is 0.465 e. The summed E-state index contributed by atoms with van der Waals surface area (Å²) in [6.07, 6.45) is 0.979. The van der Waals surface area contributed by atoms with Crippen LogP contribution in [0.5, 0.6) is 0 Å². The van der Waals surface area contributed by atoms with Crippen LogP contribution in [0.2, 0.25) is 0 Å². The zero-order chi connectivity index (χ0) is 25.0. The average molecular weight is 454 g/mol. The van der Waals surface area contributed by atoms with E-state index in [0.717, 1.165) is 4.90 Å². The van der Waals surface area contributed by atoms with Gasteiger partial charge in [-0.2, -0.15) is 0 Å². The maximum Gasteiger partial charge on any atom is 0.412 e. The lowest BCUT2D eigenvalue weighted by molar-refractivity contribution is -0.384. The highest BCUT2D eigenvalue weighted by Crippen LogP contribution is 2.25. The van der Waals surface area contributed by atoms with Crippen molar-refractivity contribution < 1.29 is 24.4 Å². The van der Waals surface area contributed by atoms with Crippen molar-refractivity contribution in [2.75, 3.05) is 10.2 Å². The van der Waals surface area contributed by atoms with Crippen LogP contribution in [-0.2, 0) is 4.74 Å². The molecule has 1 aromatic heterocycles. The Morgan fingerprint density at radius 2 is 1.79 bits per heavy atom. The molecule has 2 N–H and O–H groups in total. The second kappa shape index (κ2) is 9.56. The molecule has 33 heavy (non-hydrogen) atoms. The van der Waals surface area contributed by atoms with Crippen LogP contribution in [-0.4, -0.2) is 38.3 Å². The number of non-ortho nitro benzene ring substituents is 1. The van der Waals surface area contributed by atoms with Gasteiger partial charge in [0, 0.05) is 29.4 Å². The van der Waals surface area contributed by atoms with E-state index in [1.807, 2.05) is 0 Å². The summed E-state index contributed by atoms with van der Waals surface area (Å²) in [5.41, 5.74) is -0.522. The lowest BCUT2D eigenvalue weighted by Crippen LogP contribution is -2.45. The lowest BCUT2D eigenvalue weighted by Gasteiger charge is -2.32. The fourth-order valence-electron chi connectivity index (χ4n) is 2.81. The highest BCUT2D eigenvalue weighted by molar-refractivity contribution is 5.88. The predicted molar refractivity (Wildman–Crippen MR) is 123 cm³/mol. The third-order valence-corrected chi connectivity index (χ3v) is 4.04. The Hall–Kier alpha value is -4.13. The quantitative estimate of drug-likeness (QED) is 0.378. The van der Waals surface area contributed by atoms with E-state index in [1.165, 1.54) is 30.6 Å². The van der Waals surface area contributed by atoms with E-state index in [-0.39, 0.29) is 16.9 Å². The summed E-state index contributed by atoms with van der Waals surface area (Å²) in [5.74, 6) is 5.62. The second-order valence-electron chi connectivity index (χ2n) is 9.08. The van der Waals surface area contributed by atoms with Gasteiger partial charge in [-0.3, -0.25) is 25.3 Å². The monoisotopic (exact) mass is 454 g/mol. The molecule has 0 saturated carbocycles. The number of hydrogen-bond acceptors (Lipinski definition) is 6. The molecule has 0 bridgehead atoms. The number of benzene rings is 1. The van der Waals surface area contributed by atoms with Crippen LogP contribution in [0.3, 0.4) is 0 Å². The van der Waals surface area contributed by atoms with Gasteiger partial charge < -0.3 is 9.84 Å². The molecule has 0 unspecified atom stereocenters. The average Bonchev–Trinajstić information content (AvgIpc) is 2.64. The molecule has 0 aliphatic heterocycles. The van der Waals surface area contributed by atoms with E-state index in [9.17, 15) is 24.8 Å². The zero-order valence-electron chi connectivity index (χ0n) is 19.3. The highest BCUT2D eigenvalue weighted by atomic mass is 16.6. The topological polar surface area (TPSA) is 135 Å². The van der Waals surface area contributed by atoms with Crippen LogP contribution in [0.1, 0.15) is 52.7 Å². The van der Waals surface area contributed by atoms with Crippen molar-refractivity contribution in [3.8, 4) is 11.8 Å². The number of pyridine rings is 1. The first-order valence-corrected chi connectivity index (χ1v) is 9.96. The van der Waals surface area contributed by atoms with Crippen LogP contribution in [0, 0.1) is 22.0 Å². The number of nitrogens with one attached hydrogen (secondary N) is 1. The summed E-state index contributed by atoms with van der Waals surface area (Å²) in [7, 11) is 0.